The van der Waals surface area contributed by atoms with Crippen LogP contribution in [0.4, 0.5) is 0 Å². The summed E-state index contributed by atoms with van der Waals surface area (Å²) >= 11 is 0. The first-order valence-corrected chi connectivity index (χ1v) is 6.50. The van der Waals surface area contributed by atoms with Crippen LogP contribution in [-0.4, -0.2) is 17.1 Å². The Bertz CT molecular complexity index is 222. The standard InChI is InChI=1S/C13H25NO2/c1-9(2)8-11(12(14)13(15)16)10-6-4-3-5-7-10/h9-12H,3-8,14H2,1-2H3,(H,15,16). The molecule has 0 aliphatic heterocycles. The van der Waals surface area contributed by atoms with Gasteiger partial charge in [0.2, 0.25) is 0 Å². The van der Waals surface area contributed by atoms with E-state index in [1.165, 1.54) is 32.1 Å². The fraction of sp³-hybridized carbons (Fsp3) is 0.923. The molecule has 0 saturated heterocycles. The fourth-order valence-electron chi connectivity index (χ4n) is 2.92. The number of carboxylic acids is 1. The van der Waals surface area contributed by atoms with Crippen LogP contribution in [0.2, 0.25) is 0 Å². The van der Waals surface area contributed by atoms with E-state index in [1.54, 1.807) is 0 Å². The van der Waals surface area contributed by atoms with Crippen molar-refractivity contribution in [3.63, 3.8) is 0 Å². The second-order valence-corrected chi connectivity index (χ2v) is 5.56. The monoisotopic (exact) mass is 227 g/mol. The van der Waals surface area contributed by atoms with Crippen LogP contribution in [0.1, 0.15) is 52.4 Å². The zero-order chi connectivity index (χ0) is 12.1. The molecule has 1 aliphatic rings. The summed E-state index contributed by atoms with van der Waals surface area (Å²) in [7, 11) is 0. The predicted octanol–water partition coefficient (Wildman–Crippen LogP) is 2.64. The largest absolute Gasteiger partial charge is 0.480 e. The van der Waals surface area contributed by atoms with E-state index in [0.717, 1.165) is 6.42 Å². The second kappa shape index (κ2) is 6.24. The van der Waals surface area contributed by atoms with Crippen molar-refractivity contribution in [2.75, 3.05) is 0 Å². The number of carboxylic acid groups (broad SMARTS) is 1. The number of hydrogen-bond donors (Lipinski definition) is 2. The molecule has 3 heteroatoms. The van der Waals surface area contributed by atoms with Crippen molar-refractivity contribution in [3.05, 3.63) is 0 Å². The van der Waals surface area contributed by atoms with Gasteiger partial charge in [-0.25, -0.2) is 0 Å². The lowest BCUT2D eigenvalue weighted by atomic mass is 9.73. The molecule has 16 heavy (non-hydrogen) atoms. The van der Waals surface area contributed by atoms with E-state index < -0.39 is 12.0 Å². The highest BCUT2D eigenvalue weighted by Crippen LogP contribution is 2.34. The Morgan fingerprint density at radius 1 is 1.31 bits per heavy atom. The lowest BCUT2D eigenvalue weighted by molar-refractivity contribution is -0.140. The Labute approximate surface area is 98.4 Å². The third kappa shape index (κ3) is 3.78. The van der Waals surface area contributed by atoms with Gasteiger partial charge < -0.3 is 10.8 Å². The lowest BCUT2D eigenvalue weighted by Gasteiger charge is -2.33. The van der Waals surface area contributed by atoms with Gasteiger partial charge in [0.15, 0.2) is 0 Å². The molecule has 0 aromatic rings. The van der Waals surface area contributed by atoms with E-state index in [2.05, 4.69) is 13.8 Å². The van der Waals surface area contributed by atoms with Gasteiger partial charge >= 0.3 is 5.97 Å². The molecule has 2 atom stereocenters. The minimum atomic E-state index is -0.837. The van der Waals surface area contributed by atoms with Crippen LogP contribution in [0.15, 0.2) is 0 Å². The molecule has 0 heterocycles. The number of hydrogen-bond acceptors (Lipinski definition) is 2. The summed E-state index contributed by atoms with van der Waals surface area (Å²) in [6.07, 6.45) is 7.05. The summed E-state index contributed by atoms with van der Waals surface area (Å²) in [6, 6.07) is -0.675. The average Bonchev–Trinajstić information content (AvgIpc) is 2.26. The van der Waals surface area contributed by atoms with E-state index in [9.17, 15) is 4.79 Å². The molecule has 0 bridgehead atoms. The van der Waals surface area contributed by atoms with Crippen LogP contribution in [0.25, 0.3) is 0 Å². The maximum atomic E-state index is 11.0. The molecule has 3 N–H and O–H groups in total. The Hall–Kier alpha value is -0.570. The molecule has 0 aromatic heterocycles. The summed E-state index contributed by atoms with van der Waals surface area (Å²) < 4.78 is 0. The van der Waals surface area contributed by atoms with Crippen LogP contribution in [0.3, 0.4) is 0 Å². The third-order valence-electron chi connectivity index (χ3n) is 3.75. The zero-order valence-corrected chi connectivity index (χ0v) is 10.5. The Balaban J connectivity index is 2.64. The summed E-state index contributed by atoms with van der Waals surface area (Å²) in [5, 5.41) is 9.07. The molecule has 1 fully saturated rings. The van der Waals surface area contributed by atoms with Crippen molar-refractivity contribution in [1.29, 1.82) is 0 Å². The van der Waals surface area contributed by atoms with Crippen LogP contribution < -0.4 is 5.73 Å². The van der Waals surface area contributed by atoms with Crippen molar-refractivity contribution in [2.24, 2.45) is 23.5 Å². The van der Waals surface area contributed by atoms with Crippen LogP contribution >= 0.6 is 0 Å². The molecule has 0 spiro atoms. The van der Waals surface area contributed by atoms with Crippen molar-refractivity contribution < 1.29 is 9.90 Å². The first kappa shape index (κ1) is 13.5. The summed E-state index contributed by atoms with van der Waals surface area (Å²) in [4.78, 5) is 11.0. The van der Waals surface area contributed by atoms with Crippen molar-refractivity contribution in [1.82, 2.24) is 0 Å². The maximum Gasteiger partial charge on any atom is 0.320 e. The van der Waals surface area contributed by atoms with E-state index >= 15 is 0 Å². The molecule has 1 rings (SSSR count). The quantitative estimate of drug-likeness (QED) is 0.759. The number of rotatable bonds is 5. The van der Waals surface area contributed by atoms with E-state index in [4.69, 9.17) is 10.8 Å². The van der Waals surface area contributed by atoms with Gasteiger partial charge in [-0.3, -0.25) is 4.79 Å². The molecule has 3 nitrogen and oxygen atoms in total. The van der Waals surface area contributed by atoms with Crippen LogP contribution in [0, 0.1) is 17.8 Å². The summed E-state index contributed by atoms with van der Waals surface area (Å²) in [5.74, 6) is 0.383. The Kier molecular flexibility index (Phi) is 5.26. The van der Waals surface area contributed by atoms with Crippen molar-refractivity contribution in [2.45, 2.75) is 58.4 Å². The highest BCUT2D eigenvalue weighted by Gasteiger charge is 2.32. The van der Waals surface area contributed by atoms with Crippen molar-refractivity contribution >= 4 is 5.97 Å². The predicted molar refractivity (Wildman–Crippen MR) is 65.1 cm³/mol. The maximum absolute atomic E-state index is 11.0. The van der Waals surface area contributed by atoms with Gasteiger partial charge in [-0.1, -0.05) is 46.0 Å². The molecule has 1 aliphatic carbocycles. The van der Waals surface area contributed by atoms with Gasteiger partial charge in [0.05, 0.1) is 0 Å². The lowest BCUT2D eigenvalue weighted by Crippen LogP contribution is -2.42. The Morgan fingerprint density at radius 3 is 2.31 bits per heavy atom. The first-order valence-electron chi connectivity index (χ1n) is 6.50. The normalized spacial score (nSPS) is 22.0. The first-order chi connectivity index (χ1) is 7.52. The summed E-state index contributed by atoms with van der Waals surface area (Å²) in [5.41, 5.74) is 5.84. The Morgan fingerprint density at radius 2 is 1.88 bits per heavy atom. The molecule has 2 unspecified atom stereocenters. The fourth-order valence-corrected chi connectivity index (χ4v) is 2.92. The SMILES string of the molecule is CC(C)CC(C1CCCCC1)C(N)C(=O)O. The molecule has 0 aromatic carbocycles. The highest BCUT2D eigenvalue weighted by atomic mass is 16.4. The summed E-state index contributed by atoms with van der Waals surface area (Å²) in [6.45, 7) is 4.29. The van der Waals surface area contributed by atoms with Crippen LogP contribution in [-0.2, 0) is 4.79 Å². The molecule has 0 amide bonds. The van der Waals surface area contributed by atoms with Gasteiger partial charge in [0.1, 0.15) is 6.04 Å². The number of nitrogens with two attached hydrogens (primary N) is 1. The van der Waals surface area contributed by atoms with E-state index in [1.807, 2.05) is 0 Å². The highest BCUT2D eigenvalue weighted by molar-refractivity contribution is 5.73. The van der Waals surface area contributed by atoms with Gasteiger partial charge in [-0.2, -0.15) is 0 Å². The topological polar surface area (TPSA) is 63.3 Å². The molecule has 1 saturated carbocycles. The van der Waals surface area contributed by atoms with Gasteiger partial charge in [-0.15, -0.1) is 0 Å². The average molecular weight is 227 g/mol. The third-order valence-corrected chi connectivity index (χ3v) is 3.75. The number of carbonyl (C=O) groups is 1. The molecule has 94 valence electrons. The second-order valence-electron chi connectivity index (χ2n) is 5.56. The smallest absolute Gasteiger partial charge is 0.320 e. The van der Waals surface area contributed by atoms with E-state index in [0.29, 0.717) is 11.8 Å². The van der Waals surface area contributed by atoms with Crippen LogP contribution in [0.5, 0.6) is 0 Å². The van der Waals surface area contributed by atoms with Crippen molar-refractivity contribution in [3.8, 4) is 0 Å². The van der Waals surface area contributed by atoms with E-state index in [-0.39, 0.29) is 5.92 Å². The molecular weight excluding hydrogens is 202 g/mol. The minimum absolute atomic E-state index is 0.165. The van der Waals surface area contributed by atoms with Gasteiger partial charge in [0.25, 0.3) is 0 Å². The minimum Gasteiger partial charge on any atom is -0.480 e. The zero-order valence-electron chi connectivity index (χ0n) is 10.5. The molecule has 0 radical (unpaired) electrons. The molecular formula is C13H25NO2. The number of aliphatic carboxylic acids is 1. The van der Waals surface area contributed by atoms with Gasteiger partial charge in [0, 0.05) is 0 Å². The van der Waals surface area contributed by atoms with Gasteiger partial charge in [-0.05, 0) is 24.2 Å².